The van der Waals surface area contributed by atoms with Crippen molar-refractivity contribution in [2.45, 2.75) is 7.26 Å². The minimum Gasteiger partial charge on any atom is -0.297 e. The molecule has 0 rings (SSSR count). The number of carbonyl (C=O) groups is 1. The van der Waals surface area contributed by atoms with Gasteiger partial charge in [-0.15, -0.1) is 0 Å². The van der Waals surface area contributed by atoms with Crippen molar-refractivity contribution in [2.24, 2.45) is 0 Å². The first-order chi connectivity index (χ1) is 2.94. The highest BCUT2D eigenvalue weighted by Crippen LogP contribution is 2.35. The molecule has 0 aliphatic heterocycles. The molecule has 0 unspecified atom stereocenters. The average Bonchev–Trinajstić information content (AvgIpc) is 1.31. The van der Waals surface area contributed by atoms with Crippen molar-refractivity contribution in [1.29, 1.82) is 0 Å². The lowest BCUT2D eigenvalue weighted by atomic mass is 10.5. The molecule has 0 bridgehead atoms. The van der Waals surface area contributed by atoms with E-state index in [-0.39, 0.29) is 6.12 Å². The number of hydrogen-bond acceptors (Lipinski definition) is 1. The molecule has 0 N–H and O–H groups in total. The van der Waals surface area contributed by atoms with Crippen LogP contribution in [0.15, 0.2) is 0 Å². The molecule has 4 heteroatoms. The van der Waals surface area contributed by atoms with Gasteiger partial charge in [0.15, 0.2) is 6.12 Å². The van der Waals surface area contributed by atoms with Crippen LogP contribution in [0.25, 0.3) is 0 Å². The fourth-order valence-corrected chi connectivity index (χ4v) is 0. The normalized spacial score (nSPS) is 11.4. The predicted octanol–water partition coefficient (Wildman–Crippen LogP) is 2.49. The van der Waals surface area contributed by atoms with Gasteiger partial charge in [-0.05, 0) is 52.1 Å². The lowest BCUT2D eigenvalue weighted by molar-refractivity contribution is -0.115. The Kier molecular flexibility index (Phi) is 3.63. The Morgan fingerprint density at radius 3 is 1.86 bits per heavy atom. The smallest absolute Gasteiger partial charge is 0.184 e. The molecule has 0 aromatic heterocycles. The summed E-state index contributed by atoms with van der Waals surface area (Å²) in [6.45, 7) is 1.55. The molecule has 0 fully saturated rings. The minimum atomic E-state index is -0.386. The molecule has 0 aromatic rings. The van der Waals surface area contributed by atoms with Gasteiger partial charge in [0, 0.05) is 0 Å². The number of alkyl halides is 3. The first-order valence-electron chi connectivity index (χ1n) is 1.52. The van der Waals surface area contributed by atoms with E-state index < -0.39 is 0 Å². The van der Waals surface area contributed by atoms with Crippen molar-refractivity contribution in [2.75, 3.05) is 0 Å². The molecular formula is C3H3BrI2O. The number of carbonyl (C=O) groups excluding carboxylic acids is 1. The van der Waals surface area contributed by atoms with Crippen LogP contribution in [0.2, 0.25) is 0 Å². The maximum absolute atomic E-state index is 10.4. The highest BCUT2D eigenvalue weighted by atomic mass is 127. The van der Waals surface area contributed by atoms with Gasteiger partial charge in [0.25, 0.3) is 0 Å². The third kappa shape index (κ3) is 4.14. The topological polar surface area (TPSA) is 17.1 Å². The number of rotatable bonds is 1. The Morgan fingerprint density at radius 2 is 1.86 bits per heavy atom. The highest BCUT2D eigenvalue weighted by Gasteiger charge is 2.22. The van der Waals surface area contributed by atoms with E-state index in [1.165, 1.54) is 0 Å². The van der Waals surface area contributed by atoms with Gasteiger partial charge in [0.05, 0.1) is 0 Å². The van der Waals surface area contributed by atoms with Gasteiger partial charge in [-0.3, -0.25) is 4.79 Å². The molecule has 0 amide bonds. The molecule has 0 radical (unpaired) electrons. The van der Waals surface area contributed by atoms with Crippen molar-refractivity contribution in [1.82, 2.24) is 0 Å². The fourth-order valence-electron chi connectivity index (χ4n) is 0. The summed E-state index contributed by atoms with van der Waals surface area (Å²) in [6, 6.07) is 0. The van der Waals surface area contributed by atoms with E-state index in [0.29, 0.717) is 0 Å². The van der Waals surface area contributed by atoms with Gasteiger partial charge in [0.2, 0.25) is 0 Å². The van der Waals surface area contributed by atoms with Gasteiger partial charge < -0.3 is 0 Å². The van der Waals surface area contributed by atoms with Crippen LogP contribution in [0.3, 0.4) is 0 Å². The quantitative estimate of drug-likeness (QED) is 0.498. The van der Waals surface area contributed by atoms with Crippen molar-refractivity contribution >= 4 is 66.9 Å². The van der Waals surface area contributed by atoms with Crippen molar-refractivity contribution in [3.63, 3.8) is 0 Å². The Labute approximate surface area is 78.0 Å². The number of halogens is 3. The van der Waals surface area contributed by atoms with Crippen molar-refractivity contribution < 1.29 is 4.79 Å². The van der Waals surface area contributed by atoms with E-state index >= 15 is 0 Å². The van der Waals surface area contributed by atoms with Crippen LogP contribution in [0, 0.1) is 0 Å². The molecule has 0 aliphatic carbocycles. The molecule has 0 atom stereocenters. The molecule has 7 heavy (non-hydrogen) atoms. The van der Waals surface area contributed by atoms with Crippen LogP contribution < -0.4 is 0 Å². The highest BCUT2D eigenvalue weighted by molar-refractivity contribution is 14.2. The molecule has 0 saturated carbocycles. The van der Waals surface area contributed by atoms with Gasteiger partial charge >= 0.3 is 0 Å². The summed E-state index contributed by atoms with van der Waals surface area (Å²) in [5.74, 6) is 0.133. The van der Waals surface area contributed by atoms with Gasteiger partial charge in [-0.1, -0.05) is 15.9 Å². The summed E-state index contributed by atoms with van der Waals surface area (Å²) in [4.78, 5) is 10.4. The van der Waals surface area contributed by atoms with Crippen LogP contribution in [0.1, 0.15) is 6.92 Å². The summed E-state index contributed by atoms with van der Waals surface area (Å²) in [7, 11) is 0. The molecular weight excluding hydrogens is 386 g/mol. The second-order valence-corrected chi connectivity index (χ2v) is 10.5. The molecule has 0 aromatic carbocycles. The second-order valence-electron chi connectivity index (χ2n) is 1.05. The zero-order valence-electron chi connectivity index (χ0n) is 3.54. The zero-order valence-corrected chi connectivity index (χ0v) is 9.44. The predicted molar refractivity (Wildman–Crippen MR) is 50.4 cm³/mol. The minimum absolute atomic E-state index is 0.133. The maximum atomic E-state index is 10.4. The molecule has 1 nitrogen and oxygen atoms in total. The van der Waals surface area contributed by atoms with Crippen LogP contribution in [0.4, 0.5) is 0 Å². The van der Waals surface area contributed by atoms with Crippen LogP contribution in [-0.2, 0) is 4.79 Å². The molecule has 42 valence electrons. The van der Waals surface area contributed by atoms with Crippen LogP contribution >= 0.6 is 61.1 Å². The van der Waals surface area contributed by atoms with E-state index in [2.05, 4.69) is 15.9 Å². The van der Waals surface area contributed by atoms with E-state index in [4.69, 9.17) is 0 Å². The van der Waals surface area contributed by atoms with Crippen LogP contribution in [0.5, 0.6) is 0 Å². The average molecular weight is 389 g/mol. The Balaban J connectivity index is 3.79. The number of ketones is 1. The standard InChI is InChI=1S/C3H3BrI2O/c1-2(7)3(4,5)6/h1H3. The molecule has 0 aliphatic rings. The SMILES string of the molecule is CC(=O)C(Br)(I)I. The van der Waals surface area contributed by atoms with E-state index in [1.807, 2.05) is 45.2 Å². The molecule has 0 saturated heterocycles. The van der Waals surface area contributed by atoms with Gasteiger partial charge in [0.1, 0.15) is 0 Å². The first kappa shape index (κ1) is 8.61. The van der Waals surface area contributed by atoms with Crippen molar-refractivity contribution in [3.05, 3.63) is 0 Å². The third-order valence-electron chi connectivity index (χ3n) is 0.399. The monoisotopic (exact) mass is 388 g/mol. The molecule has 0 spiro atoms. The van der Waals surface area contributed by atoms with Crippen molar-refractivity contribution in [3.8, 4) is 0 Å². The largest absolute Gasteiger partial charge is 0.297 e. The lowest BCUT2D eigenvalue weighted by Gasteiger charge is -2.03. The Hall–Kier alpha value is 1.61. The molecule has 0 heterocycles. The van der Waals surface area contributed by atoms with Gasteiger partial charge in [-0.2, -0.15) is 0 Å². The first-order valence-corrected chi connectivity index (χ1v) is 4.47. The summed E-state index contributed by atoms with van der Waals surface area (Å²) < 4.78 is -0.386. The maximum Gasteiger partial charge on any atom is 0.184 e. The second kappa shape index (κ2) is 2.95. The summed E-state index contributed by atoms with van der Waals surface area (Å²) in [6.07, 6.45) is 0. The zero-order chi connectivity index (χ0) is 6.08. The number of hydrogen-bond donors (Lipinski definition) is 0. The third-order valence-corrected chi connectivity index (χ3v) is 2.48. The summed E-state index contributed by atoms with van der Waals surface area (Å²) >= 11 is 7.21. The van der Waals surface area contributed by atoms with Crippen LogP contribution in [-0.4, -0.2) is 6.12 Å². The summed E-state index contributed by atoms with van der Waals surface area (Å²) in [5.41, 5.74) is 0. The van der Waals surface area contributed by atoms with E-state index in [9.17, 15) is 4.79 Å². The summed E-state index contributed by atoms with van der Waals surface area (Å²) in [5, 5.41) is 0. The number of Topliss-reactive ketones (excluding diaryl/α,β-unsaturated/α-hetero) is 1. The Bertz CT molecular complexity index is 85.4. The Morgan fingerprint density at radius 1 is 1.71 bits per heavy atom. The van der Waals surface area contributed by atoms with E-state index in [0.717, 1.165) is 0 Å². The van der Waals surface area contributed by atoms with Gasteiger partial charge in [-0.25, -0.2) is 0 Å². The lowest BCUT2D eigenvalue weighted by Crippen LogP contribution is -2.10. The fraction of sp³-hybridized carbons (Fsp3) is 0.667. The van der Waals surface area contributed by atoms with E-state index in [1.54, 1.807) is 6.92 Å².